The SMILES string of the molecule is O=C(Nc1ccon1)C1CNCCO1. The zero-order valence-electron chi connectivity index (χ0n) is 7.53. The molecular weight excluding hydrogens is 186 g/mol. The number of carbonyl (C=O) groups is 1. The molecule has 0 aliphatic carbocycles. The van der Waals surface area contributed by atoms with Gasteiger partial charge < -0.3 is 19.9 Å². The van der Waals surface area contributed by atoms with Gasteiger partial charge >= 0.3 is 0 Å². The molecule has 0 aromatic carbocycles. The monoisotopic (exact) mass is 197 g/mol. The van der Waals surface area contributed by atoms with E-state index < -0.39 is 6.10 Å². The highest BCUT2D eigenvalue weighted by Gasteiger charge is 2.22. The van der Waals surface area contributed by atoms with Crippen molar-refractivity contribution in [3.63, 3.8) is 0 Å². The maximum Gasteiger partial charge on any atom is 0.256 e. The molecule has 1 atom stereocenters. The van der Waals surface area contributed by atoms with E-state index in [-0.39, 0.29) is 5.91 Å². The van der Waals surface area contributed by atoms with Crippen molar-refractivity contribution >= 4 is 11.7 Å². The largest absolute Gasteiger partial charge is 0.366 e. The topological polar surface area (TPSA) is 76.4 Å². The zero-order valence-corrected chi connectivity index (χ0v) is 7.53. The van der Waals surface area contributed by atoms with Gasteiger partial charge in [0.25, 0.3) is 5.91 Å². The number of amides is 1. The molecule has 0 radical (unpaired) electrons. The van der Waals surface area contributed by atoms with Crippen LogP contribution in [0.5, 0.6) is 0 Å². The van der Waals surface area contributed by atoms with E-state index in [0.717, 1.165) is 6.54 Å². The molecule has 1 amide bonds. The van der Waals surface area contributed by atoms with Gasteiger partial charge in [-0.3, -0.25) is 4.79 Å². The standard InChI is InChI=1S/C8H11N3O3/c12-8(6-5-9-2-4-13-6)10-7-1-3-14-11-7/h1,3,6,9H,2,4-5H2,(H,10,11,12). The van der Waals surface area contributed by atoms with Crippen molar-refractivity contribution in [3.8, 4) is 0 Å². The number of rotatable bonds is 2. The third-order valence-electron chi connectivity index (χ3n) is 1.91. The average Bonchev–Trinajstić information content (AvgIpc) is 2.72. The number of anilines is 1. The van der Waals surface area contributed by atoms with Crippen molar-refractivity contribution in [3.05, 3.63) is 12.3 Å². The van der Waals surface area contributed by atoms with Gasteiger partial charge in [0.1, 0.15) is 12.4 Å². The van der Waals surface area contributed by atoms with E-state index in [1.165, 1.54) is 6.26 Å². The molecule has 2 N–H and O–H groups in total. The molecule has 1 saturated heterocycles. The van der Waals surface area contributed by atoms with Gasteiger partial charge in [0.05, 0.1) is 6.61 Å². The Balaban J connectivity index is 1.88. The Kier molecular flexibility index (Phi) is 2.76. The summed E-state index contributed by atoms with van der Waals surface area (Å²) < 4.78 is 9.84. The summed E-state index contributed by atoms with van der Waals surface area (Å²) >= 11 is 0. The Morgan fingerprint density at radius 3 is 3.29 bits per heavy atom. The summed E-state index contributed by atoms with van der Waals surface area (Å²) in [6.45, 7) is 1.87. The third kappa shape index (κ3) is 2.09. The Hall–Kier alpha value is -1.40. The van der Waals surface area contributed by atoms with Gasteiger partial charge in [-0.05, 0) is 0 Å². The molecule has 2 rings (SSSR count). The summed E-state index contributed by atoms with van der Waals surface area (Å²) in [5, 5.41) is 9.22. The van der Waals surface area contributed by atoms with Crippen LogP contribution in [-0.4, -0.2) is 36.9 Å². The van der Waals surface area contributed by atoms with Crippen LogP contribution in [0.3, 0.4) is 0 Å². The number of carbonyl (C=O) groups excluding carboxylic acids is 1. The molecule has 6 nitrogen and oxygen atoms in total. The fourth-order valence-electron chi connectivity index (χ4n) is 1.22. The number of aromatic nitrogens is 1. The fraction of sp³-hybridized carbons (Fsp3) is 0.500. The summed E-state index contributed by atoms with van der Waals surface area (Å²) in [5.41, 5.74) is 0. The molecule has 0 bridgehead atoms. The average molecular weight is 197 g/mol. The van der Waals surface area contributed by atoms with Crippen LogP contribution in [0.15, 0.2) is 16.9 Å². The van der Waals surface area contributed by atoms with Crippen LogP contribution in [0.25, 0.3) is 0 Å². The van der Waals surface area contributed by atoms with Crippen molar-refractivity contribution in [2.45, 2.75) is 6.10 Å². The van der Waals surface area contributed by atoms with Crippen molar-refractivity contribution in [2.24, 2.45) is 0 Å². The Morgan fingerprint density at radius 1 is 1.71 bits per heavy atom. The lowest BCUT2D eigenvalue weighted by Crippen LogP contribution is -2.45. The quantitative estimate of drug-likeness (QED) is 0.674. The van der Waals surface area contributed by atoms with Crippen molar-refractivity contribution < 1.29 is 14.1 Å². The Labute approximate surface area is 80.6 Å². The number of nitrogens with one attached hydrogen (secondary N) is 2. The van der Waals surface area contributed by atoms with E-state index in [1.54, 1.807) is 6.07 Å². The predicted molar refractivity (Wildman–Crippen MR) is 47.7 cm³/mol. The fourth-order valence-corrected chi connectivity index (χ4v) is 1.22. The smallest absolute Gasteiger partial charge is 0.256 e. The van der Waals surface area contributed by atoms with E-state index in [1.807, 2.05) is 0 Å². The lowest BCUT2D eigenvalue weighted by molar-refractivity contribution is -0.128. The van der Waals surface area contributed by atoms with Gasteiger partial charge in [-0.1, -0.05) is 5.16 Å². The Morgan fingerprint density at radius 2 is 2.64 bits per heavy atom. The van der Waals surface area contributed by atoms with Crippen LogP contribution in [0.1, 0.15) is 0 Å². The van der Waals surface area contributed by atoms with Crippen molar-refractivity contribution in [1.29, 1.82) is 0 Å². The number of hydrogen-bond acceptors (Lipinski definition) is 5. The molecule has 6 heteroatoms. The summed E-state index contributed by atoms with van der Waals surface area (Å²) in [4.78, 5) is 11.5. The number of nitrogens with zero attached hydrogens (tertiary/aromatic N) is 1. The first-order valence-electron chi connectivity index (χ1n) is 4.40. The minimum absolute atomic E-state index is 0.203. The number of hydrogen-bond donors (Lipinski definition) is 2. The van der Waals surface area contributed by atoms with E-state index in [0.29, 0.717) is 19.0 Å². The van der Waals surface area contributed by atoms with E-state index in [9.17, 15) is 4.79 Å². The van der Waals surface area contributed by atoms with Gasteiger partial charge in [0, 0.05) is 19.2 Å². The zero-order chi connectivity index (χ0) is 9.80. The van der Waals surface area contributed by atoms with Gasteiger partial charge in [-0.2, -0.15) is 0 Å². The van der Waals surface area contributed by atoms with Gasteiger partial charge in [0.2, 0.25) is 0 Å². The summed E-state index contributed by atoms with van der Waals surface area (Å²) in [6, 6.07) is 1.58. The molecule has 14 heavy (non-hydrogen) atoms. The molecule has 1 aromatic heterocycles. The highest BCUT2D eigenvalue weighted by atomic mass is 16.5. The summed E-state index contributed by atoms with van der Waals surface area (Å²) in [7, 11) is 0. The van der Waals surface area contributed by atoms with Gasteiger partial charge in [-0.25, -0.2) is 0 Å². The second kappa shape index (κ2) is 4.21. The minimum Gasteiger partial charge on any atom is -0.366 e. The minimum atomic E-state index is -0.444. The highest BCUT2D eigenvalue weighted by Crippen LogP contribution is 2.04. The second-order valence-corrected chi connectivity index (χ2v) is 2.94. The lowest BCUT2D eigenvalue weighted by Gasteiger charge is -2.21. The molecule has 1 aromatic rings. The van der Waals surface area contributed by atoms with Crippen LogP contribution in [-0.2, 0) is 9.53 Å². The van der Waals surface area contributed by atoms with Crippen LogP contribution >= 0.6 is 0 Å². The molecule has 1 fully saturated rings. The van der Waals surface area contributed by atoms with Crippen LogP contribution in [0.4, 0.5) is 5.82 Å². The molecule has 0 spiro atoms. The molecule has 1 aliphatic rings. The highest BCUT2D eigenvalue weighted by molar-refractivity contribution is 5.93. The van der Waals surface area contributed by atoms with Crippen LogP contribution in [0.2, 0.25) is 0 Å². The van der Waals surface area contributed by atoms with Crippen molar-refractivity contribution in [2.75, 3.05) is 25.0 Å². The summed E-state index contributed by atoms with van der Waals surface area (Å²) in [5.74, 6) is 0.204. The van der Waals surface area contributed by atoms with E-state index in [4.69, 9.17) is 4.74 Å². The molecular formula is C8H11N3O3. The first-order valence-corrected chi connectivity index (χ1v) is 4.40. The third-order valence-corrected chi connectivity index (χ3v) is 1.91. The maximum atomic E-state index is 11.5. The molecule has 1 aliphatic heterocycles. The van der Waals surface area contributed by atoms with E-state index >= 15 is 0 Å². The normalized spacial score (nSPS) is 21.9. The second-order valence-electron chi connectivity index (χ2n) is 2.94. The van der Waals surface area contributed by atoms with Crippen LogP contribution in [0, 0.1) is 0 Å². The molecule has 76 valence electrons. The number of morpholine rings is 1. The number of ether oxygens (including phenoxy) is 1. The van der Waals surface area contributed by atoms with Gasteiger partial charge in [-0.15, -0.1) is 0 Å². The maximum absolute atomic E-state index is 11.5. The molecule has 0 saturated carbocycles. The first-order chi connectivity index (χ1) is 6.86. The van der Waals surface area contributed by atoms with Crippen LogP contribution < -0.4 is 10.6 Å². The molecule has 1 unspecified atom stereocenters. The molecule has 2 heterocycles. The van der Waals surface area contributed by atoms with Crippen molar-refractivity contribution in [1.82, 2.24) is 10.5 Å². The van der Waals surface area contributed by atoms with E-state index in [2.05, 4.69) is 20.3 Å². The first kappa shape index (κ1) is 9.17. The Bertz CT molecular complexity index is 293. The van der Waals surface area contributed by atoms with Gasteiger partial charge in [0.15, 0.2) is 5.82 Å². The summed E-state index contributed by atoms with van der Waals surface area (Å²) in [6.07, 6.45) is 0.954. The lowest BCUT2D eigenvalue weighted by atomic mass is 10.3. The predicted octanol–water partition coefficient (Wildman–Crippen LogP) is -0.399.